The van der Waals surface area contributed by atoms with E-state index in [1.54, 1.807) is 12.1 Å². The van der Waals surface area contributed by atoms with Crippen LogP contribution >= 0.6 is 11.6 Å². The Morgan fingerprint density at radius 1 is 1.44 bits per heavy atom. The van der Waals surface area contributed by atoms with Gasteiger partial charge in [-0.3, -0.25) is 9.59 Å². The van der Waals surface area contributed by atoms with Gasteiger partial charge in [0.05, 0.1) is 0 Å². The number of benzene rings is 1. The smallest absolute Gasteiger partial charge is 0.237 e. The fourth-order valence-electron chi connectivity index (χ4n) is 1.86. The molecule has 84 valence electrons. The highest BCUT2D eigenvalue weighted by Gasteiger charge is 2.25. The molecule has 2 N–H and O–H groups in total. The molecule has 0 aliphatic carbocycles. The molecule has 0 atom stereocenters. The van der Waals surface area contributed by atoms with Crippen molar-refractivity contribution in [3.05, 3.63) is 28.8 Å². The molecule has 2 amide bonds. The number of nitrogens with two attached hydrogens (primary N) is 1. The number of carbonyl (C=O) groups is 2. The van der Waals surface area contributed by atoms with E-state index in [0.29, 0.717) is 17.9 Å². The van der Waals surface area contributed by atoms with Gasteiger partial charge in [-0.2, -0.15) is 0 Å². The Balaban J connectivity index is 2.40. The van der Waals surface area contributed by atoms with Crippen LogP contribution in [0, 0.1) is 0 Å². The van der Waals surface area contributed by atoms with Crippen molar-refractivity contribution in [2.45, 2.75) is 12.8 Å². The number of hydrogen-bond donors (Lipinski definition) is 1. The SMILES string of the molecule is NC(=O)CN1C(=O)CCc2cc(Cl)ccc21. The minimum absolute atomic E-state index is 0.0753. The predicted octanol–water partition coefficient (Wildman–Crippen LogP) is 1.10. The van der Waals surface area contributed by atoms with Gasteiger partial charge in [-0.1, -0.05) is 11.6 Å². The monoisotopic (exact) mass is 238 g/mol. The maximum atomic E-state index is 11.7. The fourth-order valence-corrected chi connectivity index (χ4v) is 2.05. The zero-order valence-electron chi connectivity index (χ0n) is 8.57. The van der Waals surface area contributed by atoms with Crippen LogP contribution in [0.25, 0.3) is 0 Å². The molecule has 4 nitrogen and oxygen atoms in total. The number of nitrogens with zero attached hydrogens (tertiary/aromatic N) is 1. The van der Waals surface area contributed by atoms with E-state index >= 15 is 0 Å². The highest BCUT2D eigenvalue weighted by molar-refractivity contribution is 6.30. The van der Waals surface area contributed by atoms with Crippen molar-refractivity contribution in [3.8, 4) is 0 Å². The van der Waals surface area contributed by atoms with Crippen LogP contribution in [-0.4, -0.2) is 18.4 Å². The van der Waals surface area contributed by atoms with E-state index in [4.69, 9.17) is 17.3 Å². The number of anilines is 1. The predicted molar refractivity (Wildman–Crippen MR) is 61.3 cm³/mol. The van der Waals surface area contributed by atoms with Gasteiger partial charge in [-0.25, -0.2) is 0 Å². The molecule has 1 aromatic rings. The molecule has 2 rings (SSSR count). The number of amides is 2. The largest absolute Gasteiger partial charge is 0.368 e. The van der Waals surface area contributed by atoms with Crippen molar-refractivity contribution >= 4 is 29.1 Å². The van der Waals surface area contributed by atoms with E-state index in [0.717, 1.165) is 11.3 Å². The van der Waals surface area contributed by atoms with Crippen LogP contribution in [0.2, 0.25) is 5.02 Å². The van der Waals surface area contributed by atoms with E-state index in [2.05, 4.69) is 0 Å². The van der Waals surface area contributed by atoms with Crippen molar-refractivity contribution in [3.63, 3.8) is 0 Å². The molecule has 1 heterocycles. The molecular weight excluding hydrogens is 228 g/mol. The number of rotatable bonds is 2. The van der Waals surface area contributed by atoms with Crippen LogP contribution in [0.5, 0.6) is 0 Å². The Labute approximate surface area is 98.0 Å². The summed E-state index contributed by atoms with van der Waals surface area (Å²) in [5, 5.41) is 0.632. The second kappa shape index (κ2) is 4.14. The zero-order valence-corrected chi connectivity index (χ0v) is 9.33. The molecule has 0 saturated heterocycles. The molecule has 1 aromatic carbocycles. The lowest BCUT2D eigenvalue weighted by Gasteiger charge is -2.28. The van der Waals surface area contributed by atoms with Crippen molar-refractivity contribution < 1.29 is 9.59 Å². The van der Waals surface area contributed by atoms with Crippen LogP contribution in [-0.2, 0) is 16.0 Å². The second-order valence-corrected chi connectivity index (χ2v) is 4.16. The number of primary amides is 1. The van der Waals surface area contributed by atoms with Gasteiger partial charge in [-0.05, 0) is 30.2 Å². The van der Waals surface area contributed by atoms with Crippen molar-refractivity contribution in [1.82, 2.24) is 0 Å². The minimum atomic E-state index is -0.517. The molecule has 0 radical (unpaired) electrons. The Bertz CT molecular complexity index is 459. The van der Waals surface area contributed by atoms with E-state index < -0.39 is 5.91 Å². The van der Waals surface area contributed by atoms with Crippen LogP contribution < -0.4 is 10.6 Å². The Kier molecular flexibility index (Phi) is 2.83. The summed E-state index contributed by atoms with van der Waals surface area (Å²) in [4.78, 5) is 24.0. The number of carbonyl (C=O) groups excluding carboxylic acids is 2. The Morgan fingerprint density at radius 3 is 2.88 bits per heavy atom. The van der Waals surface area contributed by atoms with Gasteiger partial charge in [0, 0.05) is 17.1 Å². The number of halogens is 1. The van der Waals surface area contributed by atoms with Gasteiger partial charge in [0.1, 0.15) is 6.54 Å². The van der Waals surface area contributed by atoms with Gasteiger partial charge in [0.15, 0.2) is 0 Å². The van der Waals surface area contributed by atoms with Crippen molar-refractivity contribution in [1.29, 1.82) is 0 Å². The molecule has 1 aliphatic heterocycles. The lowest BCUT2D eigenvalue weighted by Crippen LogP contribution is -2.41. The molecule has 0 fully saturated rings. The van der Waals surface area contributed by atoms with Crippen LogP contribution in [0.3, 0.4) is 0 Å². The molecule has 0 bridgehead atoms. The summed E-state index contributed by atoms with van der Waals surface area (Å²) in [6.07, 6.45) is 1.05. The second-order valence-electron chi connectivity index (χ2n) is 3.72. The lowest BCUT2D eigenvalue weighted by atomic mass is 10.0. The topological polar surface area (TPSA) is 63.4 Å². The summed E-state index contributed by atoms with van der Waals surface area (Å²) >= 11 is 5.87. The molecule has 16 heavy (non-hydrogen) atoms. The van der Waals surface area contributed by atoms with Crippen molar-refractivity contribution in [2.75, 3.05) is 11.4 Å². The van der Waals surface area contributed by atoms with Gasteiger partial charge in [0.2, 0.25) is 11.8 Å². The molecule has 0 unspecified atom stereocenters. The van der Waals surface area contributed by atoms with Crippen LogP contribution in [0.1, 0.15) is 12.0 Å². The Hall–Kier alpha value is -1.55. The molecule has 0 aromatic heterocycles. The average molecular weight is 239 g/mol. The maximum Gasteiger partial charge on any atom is 0.237 e. The number of aryl methyl sites for hydroxylation is 1. The maximum absolute atomic E-state index is 11.7. The lowest BCUT2D eigenvalue weighted by molar-refractivity contribution is -0.122. The van der Waals surface area contributed by atoms with E-state index in [1.165, 1.54) is 4.90 Å². The first-order chi connectivity index (χ1) is 7.58. The molecular formula is C11H11ClN2O2. The summed E-state index contributed by atoms with van der Waals surface area (Å²) < 4.78 is 0. The minimum Gasteiger partial charge on any atom is -0.368 e. The first-order valence-electron chi connectivity index (χ1n) is 4.95. The molecule has 0 spiro atoms. The summed E-state index contributed by atoms with van der Waals surface area (Å²) in [5.41, 5.74) is 6.83. The molecule has 1 aliphatic rings. The van der Waals surface area contributed by atoms with E-state index in [-0.39, 0.29) is 12.5 Å². The quantitative estimate of drug-likeness (QED) is 0.839. The third-order valence-electron chi connectivity index (χ3n) is 2.56. The fraction of sp³-hybridized carbons (Fsp3) is 0.273. The summed E-state index contributed by atoms with van der Waals surface area (Å²) in [5.74, 6) is -0.593. The van der Waals surface area contributed by atoms with Gasteiger partial charge in [-0.15, -0.1) is 0 Å². The number of hydrogen-bond acceptors (Lipinski definition) is 2. The zero-order chi connectivity index (χ0) is 11.7. The Morgan fingerprint density at radius 2 is 2.19 bits per heavy atom. The first kappa shape index (κ1) is 11.0. The molecule has 5 heteroatoms. The normalized spacial score (nSPS) is 14.8. The third kappa shape index (κ3) is 2.02. The summed E-state index contributed by atoms with van der Waals surface area (Å²) in [6.45, 7) is -0.0759. The highest BCUT2D eigenvalue weighted by atomic mass is 35.5. The summed E-state index contributed by atoms with van der Waals surface area (Å²) in [6, 6.07) is 5.27. The van der Waals surface area contributed by atoms with E-state index in [9.17, 15) is 9.59 Å². The highest BCUT2D eigenvalue weighted by Crippen LogP contribution is 2.29. The van der Waals surface area contributed by atoms with Crippen LogP contribution in [0.4, 0.5) is 5.69 Å². The molecule has 0 saturated carbocycles. The van der Waals surface area contributed by atoms with Gasteiger partial charge < -0.3 is 10.6 Å². The van der Waals surface area contributed by atoms with Crippen LogP contribution in [0.15, 0.2) is 18.2 Å². The number of fused-ring (bicyclic) bond motifs is 1. The average Bonchev–Trinajstić information content (AvgIpc) is 2.22. The van der Waals surface area contributed by atoms with Gasteiger partial charge in [0.25, 0.3) is 0 Å². The van der Waals surface area contributed by atoms with Crippen molar-refractivity contribution in [2.24, 2.45) is 5.73 Å². The standard InChI is InChI=1S/C11H11ClN2O2/c12-8-2-3-9-7(5-8)1-4-11(16)14(9)6-10(13)15/h2-3,5H,1,4,6H2,(H2,13,15). The third-order valence-corrected chi connectivity index (χ3v) is 2.79. The van der Waals surface area contributed by atoms with Gasteiger partial charge >= 0.3 is 0 Å². The first-order valence-corrected chi connectivity index (χ1v) is 5.33. The van der Waals surface area contributed by atoms with E-state index in [1.807, 2.05) is 6.07 Å². The summed E-state index contributed by atoms with van der Waals surface area (Å²) in [7, 11) is 0.